The predicted molar refractivity (Wildman–Crippen MR) is 68.3 cm³/mol. The van der Waals surface area contributed by atoms with Crippen molar-refractivity contribution in [2.45, 2.75) is 13.3 Å². The van der Waals surface area contributed by atoms with Crippen molar-refractivity contribution in [3.05, 3.63) is 24.0 Å². The van der Waals surface area contributed by atoms with Crippen LogP contribution in [0.15, 0.2) is 18.3 Å². The first-order valence-electron chi connectivity index (χ1n) is 6.20. The van der Waals surface area contributed by atoms with Gasteiger partial charge in [-0.1, -0.05) is 0 Å². The number of pyridine rings is 1. The Morgan fingerprint density at radius 3 is 2.90 bits per heavy atom. The first kappa shape index (κ1) is 14.0. The summed E-state index contributed by atoms with van der Waals surface area (Å²) in [5.74, 6) is -2.76. The summed E-state index contributed by atoms with van der Waals surface area (Å²) >= 11 is 0. The third-order valence-electron chi connectivity index (χ3n) is 3.02. The van der Waals surface area contributed by atoms with E-state index >= 15 is 0 Å². The van der Waals surface area contributed by atoms with Crippen LogP contribution in [0, 0.1) is 5.92 Å². The molecule has 1 aliphatic heterocycles. The van der Waals surface area contributed by atoms with Crippen LogP contribution in [0.2, 0.25) is 0 Å². The molecule has 1 fully saturated rings. The Morgan fingerprint density at radius 1 is 1.55 bits per heavy atom. The molecule has 1 atom stereocenters. The van der Waals surface area contributed by atoms with E-state index in [4.69, 9.17) is 9.84 Å². The van der Waals surface area contributed by atoms with Crippen molar-refractivity contribution in [1.82, 2.24) is 4.98 Å². The molecule has 2 heterocycles. The highest BCUT2D eigenvalue weighted by Crippen LogP contribution is 2.27. The monoisotopic (exact) mass is 278 g/mol. The Labute approximate surface area is 115 Å². The molecule has 106 valence electrons. The van der Waals surface area contributed by atoms with Crippen LogP contribution in [-0.2, 0) is 14.3 Å². The number of carboxylic acid groups (broad SMARTS) is 1. The molecule has 0 aromatic carbocycles. The average Bonchev–Trinajstić information content (AvgIpc) is 2.81. The third-order valence-corrected chi connectivity index (χ3v) is 3.02. The number of rotatable bonds is 4. The molecule has 0 spiro atoms. The minimum Gasteiger partial charge on any atom is -0.481 e. The molecule has 0 radical (unpaired) electrons. The van der Waals surface area contributed by atoms with Crippen molar-refractivity contribution < 1.29 is 24.2 Å². The van der Waals surface area contributed by atoms with Gasteiger partial charge in [0.2, 0.25) is 5.91 Å². The first-order chi connectivity index (χ1) is 9.54. The normalized spacial score (nSPS) is 18.1. The largest absolute Gasteiger partial charge is 0.481 e. The number of hydrogen-bond donors (Lipinski definition) is 1. The summed E-state index contributed by atoms with van der Waals surface area (Å²) in [4.78, 5) is 39.9. The summed E-state index contributed by atoms with van der Waals surface area (Å²) in [7, 11) is 0. The molecule has 1 aliphatic rings. The Hall–Kier alpha value is -2.44. The number of esters is 1. The van der Waals surface area contributed by atoms with E-state index in [1.807, 2.05) is 0 Å². The average molecular weight is 278 g/mol. The molecule has 0 aliphatic carbocycles. The number of hydrogen-bond acceptors (Lipinski definition) is 5. The van der Waals surface area contributed by atoms with Crippen LogP contribution < -0.4 is 4.90 Å². The molecule has 1 aromatic rings. The molecule has 20 heavy (non-hydrogen) atoms. The molecule has 1 saturated heterocycles. The van der Waals surface area contributed by atoms with E-state index in [9.17, 15) is 14.4 Å². The molecule has 1 aromatic heterocycles. The van der Waals surface area contributed by atoms with E-state index in [2.05, 4.69) is 4.98 Å². The molecule has 1 unspecified atom stereocenters. The van der Waals surface area contributed by atoms with Gasteiger partial charge in [-0.2, -0.15) is 0 Å². The van der Waals surface area contributed by atoms with Gasteiger partial charge in [-0.3, -0.25) is 9.59 Å². The van der Waals surface area contributed by atoms with Crippen molar-refractivity contribution in [1.29, 1.82) is 0 Å². The Morgan fingerprint density at radius 2 is 2.30 bits per heavy atom. The lowest BCUT2D eigenvalue weighted by Gasteiger charge is -2.18. The molecular formula is C13H14N2O5. The molecule has 0 saturated carbocycles. The van der Waals surface area contributed by atoms with E-state index in [1.165, 1.54) is 11.1 Å². The number of aliphatic carboxylic acids is 1. The maximum absolute atomic E-state index is 11.9. The highest BCUT2D eigenvalue weighted by atomic mass is 16.5. The lowest BCUT2D eigenvalue weighted by molar-refractivity contribution is -0.141. The van der Waals surface area contributed by atoms with Crippen LogP contribution in [0.25, 0.3) is 0 Å². The van der Waals surface area contributed by atoms with Gasteiger partial charge in [0.1, 0.15) is 0 Å². The lowest BCUT2D eigenvalue weighted by Crippen LogP contribution is -2.28. The second kappa shape index (κ2) is 5.68. The molecule has 1 amide bonds. The summed E-state index contributed by atoms with van der Waals surface area (Å²) in [6.45, 7) is 1.90. The smallest absolute Gasteiger partial charge is 0.359 e. The summed E-state index contributed by atoms with van der Waals surface area (Å²) in [5.41, 5.74) is 0.313. The Balaban J connectivity index is 2.31. The van der Waals surface area contributed by atoms with Gasteiger partial charge in [0.25, 0.3) is 0 Å². The summed E-state index contributed by atoms with van der Waals surface area (Å²) in [5, 5.41) is 8.97. The number of carbonyl (C=O) groups excluding carboxylic acids is 2. The minimum atomic E-state index is -1.03. The van der Waals surface area contributed by atoms with E-state index in [0.717, 1.165) is 0 Å². The van der Waals surface area contributed by atoms with Crippen molar-refractivity contribution >= 4 is 23.5 Å². The van der Waals surface area contributed by atoms with Gasteiger partial charge in [-0.15, -0.1) is 0 Å². The fourth-order valence-corrected chi connectivity index (χ4v) is 2.08. The number of ether oxygens (including phenoxy) is 1. The quantitative estimate of drug-likeness (QED) is 0.814. The maximum Gasteiger partial charge on any atom is 0.359 e. The van der Waals surface area contributed by atoms with E-state index in [-0.39, 0.29) is 31.2 Å². The molecule has 7 nitrogen and oxygen atoms in total. The van der Waals surface area contributed by atoms with Crippen LogP contribution in [0.3, 0.4) is 0 Å². The van der Waals surface area contributed by atoms with Crippen molar-refractivity contribution in [3.8, 4) is 0 Å². The van der Waals surface area contributed by atoms with E-state index < -0.39 is 17.9 Å². The first-order valence-corrected chi connectivity index (χ1v) is 6.20. The highest BCUT2D eigenvalue weighted by Gasteiger charge is 2.37. The molecule has 7 heteroatoms. The minimum absolute atomic E-state index is 0.0220. The van der Waals surface area contributed by atoms with Crippen LogP contribution in [0.1, 0.15) is 23.8 Å². The van der Waals surface area contributed by atoms with Gasteiger partial charge in [0.05, 0.1) is 18.2 Å². The fraction of sp³-hybridized carbons (Fsp3) is 0.385. The summed E-state index contributed by atoms with van der Waals surface area (Å²) < 4.78 is 4.88. The Kier molecular flexibility index (Phi) is 3.97. The number of aromatic nitrogens is 1. The number of carboxylic acids is 1. The van der Waals surface area contributed by atoms with Gasteiger partial charge < -0.3 is 14.7 Å². The van der Waals surface area contributed by atoms with Gasteiger partial charge in [0, 0.05) is 19.2 Å². The number of anilines is 1. The van der Waals surface area contributed by atoms with Crippen molar-refractivity contribution in [2.24, 2.45) is 5.92 Å². The molecule has 2 rings (SSSR count). The fourth-order valence-electron chi connectivity index (χ4n) is 2.08. The zero-order valence-electron chi connectivity index (χ0n) is 10.9. The van der Waals surface area contributed by atoms with Gasteiger partial charge in [-0.25, -0.2) is 9.78 Å². The van der Waals surface area contributed by atoms with Gasteiger partial charge in [-0.05, 0) is 19.1 Å². The van der Waals surface area contributed by atoms with Crippen LogP contribution >= 0.6 is 0 Å². The second-order valence-electron chi connectivity index (χ2n) is 4.34. The molecule has 1 N–H and O–H groups in total. The summed E-state index contributed by atoms with van der Waals surface area (Å²) in [6, 6.07) is 3.14. The number of amides is 1. The zero-order chi connectivity index (χ0) is 14.7. The van der Waals surface area contributed by atoms with E-state index in [1.54, 1.807) is 19.1 Å². The zero-order valence-corrected chi connectivity index (χ0v) is 10.9. The van der Waals surface area contributed by atoms with Gasteiger partial charge in [0.15, 0.2) is 5.69 Å². The third kappa shape index (κ3) is 2.61. The van der Waals surface area contributed by atoms with Crippen LogP contribution in [0.5, 0.6) is 0 Å². The SMILES string of the molecule is CCOC(=O)c1ncccc1N1CC(C(=O)O)CC1=O. The van der Waals surface area contributed by atoms with Crippen LogP contribution in [-0.4, -0.2) is 41.1 Å². The number of carbonyl (C=O) groups is 3. The lowest BCUT2D eigenvalue weighted by atomic mass is 10.1. The van der Waals surface area contributed by atoms with E-state index in [0.29, 0.717) is 5.69 Å². The standard InChI is InChI=1S/C13H14N2O5/c1-2-20-13(19)11-9(4-3-5-14-11)15-7-8(12(17)18)6-10(15)16/h3-5,8H,2,6-7H2,1H3,(H,17,18). The van der Waals surface area contributed by atoms with Crippen LogP contribution in [0.4, 0.5) is 5.69 Å². The summed E-state index contributed by atoms with van der Waals surface area (Å²) in [6.07, 6.45) is 1.34. The predicted octanol–water partition coefficient (Wildman–Crippen LogP) is 0.696. The number of nitrogens with zero attached hydrogens (tertiary/aromatic N) is 2. The topological polar surface area (TPSA) is 96.8 Å². The molecule has 0 bridgehead atoms. The van der Waals surface area contributed by atoms with Crippen molar-refractivity contribution in [2.75, 3.05) is 18.1 Å². The maximum atomic E-state index is 11.9. The van der Waals surface area contributed by atoms with Crippen molar-refractivity contribution in [3.63, 3.8) is 0 Å². The second-order valence-corrected chi connectivity index (χ2v) is 4.34. The molecular weight excluding hydrogens is 264 g/mol. The van der Waals surface area contributed by atoms with Gasteiger partial charge >= 0.3 is 11.9 Å². The highest BCUT2D eigenvalue weighted by molar-refractivity contribution is 6.04. The Bertz CT molecular complexity index is 557.